The molecule has 2 heteroatoms. The van der Waals surface area contributed by atoms with Crippen molar-refractivity contribution in [3.63, 3.8) is 0 Å². The predicted octanol–water partition coefficient (Wildman–Crippen LogP) is 3.03. The molecule has 1 rings (SSSR count). The highest BCUT2D eigenvalue weighted by Gasteiger charge is 2.25. The van der Waals surface area contributed by atoms with E-state index in [0.29, 0.717) is 11.6 Å². The Bertz CT molecular complexity index is 298. The summed E-state index contributed by atoms with van der Waals surface area (Å²) in [6.07, 6.45) is 6.15. The van der Waals surface area contributed by atoms with Gasteiger partial charge < -0.3 is 4.90 Å². The van der Waals surface area contributed by atoms with Gasteiger partial charge in [0.1, 0.15) is 0 Å². The molecular formula is C13H19NO. The smallest absolute Gasteiger partial charge is 0.257 e. The van der Waals surface area contributed by atoms with Crippen molar-refractivity contribution in [2.45, 2.75) is 38.6 Å². The van der Waals surface area contributed by atoms with E-state index in [1.54, 1.807) is 18.0 Å². The summed E-state index contributed by atoms with van der Waals surface area (Å²) in [5.74, 6) is -0.0515. The van der Waals surface area contributed by atoms with E-state index in [4.69, 9.17) is 0 Å². The number of hydrogen-bond donors (Lipinski definition) is 0. The Kier molecular flexibility index (Phi) is 3.89. The molecule has 0 N–H and O–H groups in total. The molecule has 0 unspecified atom stereocenters. The lowest BCUT2D eigenvalue weighted by atomic mass is 10.1. The van der Waals surface area contributed by atoms with Crippen LogP contribution in [0.5, 0.6) is 0 Å². The molecule has 1 amide bonds. The summed E-state index contributed by atoms with van der Waals surface area (Å²) in [6.45, 7) is 13.0. The molecule has 0 saturated heterocycles. The van der Waals surface area contributed by atoms with Crippen molar-refractivity contribution in [1.82, 2.24) is 4.90 Å². The zero-order chi connectivity index (χ0) is 11.4. The van der Waals surface area contributed by atoms with E-state index in [9.17, 15) is 4.79 Å². The molecule has 2 nitrogen and oxygen atoms in total. The fourth-order valence-corrected chi connectivity index (χ4v) is 1.92. The Morgan fingerprint density at radius 1 is 1.33 bits per heavy atom. The summed E-state index contributed by atoms with van der Waals surface area (Å²) in [7, 11) is 0. The first-order valence-corrected chi connectivity index (χ1v) is 5.38. The van der Waals surface area contributed by atoms with Crippen LogP contribution in [-0.2, 0) is 4.79 Å². The third-order valence-corrected chi connectivity index (χ3v) is 2.92. The number of carbonyl (C=O) groups excluding carboxylic acids is 1. The van der Waals surface area contributed by atoms with E-state index in [1.807, 2.05) is 0 Å². The highest BCUT2D eigenvalue weighted by atomic mass is 16.2. The SMILES string of the molecule is C=CN(C(=O)C(=C)C(=C)C)C1CCCC1. The second kappa shape index (κ2) is 4.96. The zero-order valence-corrected chi connectivity index (χ0v) is 9.46. The first-order chi connectivity index (χ1) is 7.07. The molecule has 1 saturated carbocycles. The lowest BCUT2D eigenvalue weighted by Gasteiger charge is -2.25. The number of amides is 1. The van der Waals surface area contributed by atoms with Crippen molar-refractivity contribution in [2.24, 2.45) is 0 Å². The third-order valence-electron chi connectivity index (χ3n) is 2.92. The number of rotatable bonds is 4. The fourth-order valence-electron chi connectivity index (χ4n) is 1.92. The summed E-state index contributed by atoms with van der Waals surface area (Å²) in [5, 5.41) is 0. The summed E-state index contributed by atoms with van der Waals surface area (Å²) in [5.41, 5.74) is 1.21. The van der Waals surface area contributed by atoms with Crippen LogP contribution in [0.25, 0.3) is 0 Å². The van der Waals surface area contributed by atoms with Gasteiger partial charge in [-0.2, -0.15) is 0 Å². The molecule has 0 atom stereocenters. The average Bonchev–Trinajstić information content (AvgIpc) is 2.70. The van der Waals surface area contributed by atoms with E-state index < -0.39 is 0 Å². The molecule has 0 aromatic heterocycles. The van der Waals surface area contributed by atoms with Crippen molar-refractivity contribution in [2.75, 3.05) is 0 Å². The summed E-state index contributed by atoms with van der Waals surface area (Å²) in [6, 6.07) is 0.311. The molecule has 0 aromatic carbocycles. The Morgan fingerprint density at radius 2 is 1.87 bits per heavy atom. The van der Waals surface area contributed by atoms with Gasteiger partial charge in [-0.3, -0.25) is 4.79 Å². The standard InChI is InChI=1S/C13H19NO/c1-5-14(12-8-6-7-9-12)13(15)11(4)10(2)3/h5,12H,1-2,4,6-9H2,3H3. The van der Waals surface area contributed by atoms with Crippen LogP contribution in [0.1, 0.15) is 32.6 Å². The monoisotopic (exact) mass is 205 g/mol. The van der Waals surface area contributed by atoms with Crippen LogP contribution >= 0.6 is 0 Å². The number of hydrogen-bond acceptors (Lipinski definition) is 1. The minimum atomic E-state index is -0.0515. The molecule has 0 spiro atoms. The van der Waals surface area contributed by atoms with E-state index in [1.165, 1.54) is 12.8 Å². The van der Waals surface area contributed by atoms with Crippen molar-refractivity contribution in [3.05, 3.63) is 37.1 Å². The quantitative estimate of drug-likeness (QED) is 0.510. The Labute approximate surface area is 92.0 Å². The third kappa shape index (κ3) is 2.58. The molecule has 1 aliphatic rings. The average molecular weight is 205 g/mol. The maximum Gasteiger partial charge on any atom is 0.257 e. The lowest BCUT2D eigenvalue weighted by Crippen LogP contribution is -2.35. The number of nitrogens with zero attached hydrogens (tertiary/aromatic N) is 1. The molecule has 82 valence electrons. The molecule has 0 aliphatic heterocycles. The van der Waals surface area contributed by atoms with Crippen molar-refractivity contribution in [3.8, 4) is 0 Å². The van der Waals surface area contributed by atoms with Crippen molar-refractivity contribution in [1.29, 1.82) is 0 Å². The largest absolute Gasteiger partial charge is 0.313 e. The summed E-state index contributed by atoms with van der Waals surface area (Å²) in [4.78, 5) is 13.7. The molecule has 1 aliphatic carbocycles. The van der Waals surface area contributed by atoms with Gasteiger partial charge in [-0.1, -0.05) is 32.6 Å². The van der Waals surface area contributed by atoms with Crippen LogP contribution in [0, 0.1) is 0 Å². The van der Waals surface area contributed by atoms with E-state index in [-0.39, 0.29) is 5.91 Å². The van der Waals surface area contributed by atoms with Gasteiger partial charge in [0.05, 0.1) is 0 Å². The van der Waals surface area contributed by atoms with Gasteiger partial charge in [-0.15, -0.1) is 0 Å². The highest BCUT2D eigenvalue weighted by molar-refractivity contribution is 5.97. The molecule has 0 bridgehead atoms. The maximum absolute atomic E-state index is 12.0. The zero-order valence-electron chi connectivity index (χ0n) is 9.46. The van der Waals surface area contributed by atoms with Gasteiger partial charge in [0.2, 0.25) is 0 Å². The molecule has 15 heavy (non-hydrogen) atoms. The van der Waals surface area contributed by atoms with Crippen LogP contribution in [0.3, 0.4) is 0 Å². The van der Waals surface area contributed by atoms with Crippen LogP contribution in [-0.4, -0.2) is 16.8 Å². The Hall–Kier alpha value is -1.31. The van der Waals surface area contributed by atoms with Gasteiger partial charge in [0, 0.05) is 17.8 Å². The molecule has 0 aromatic rings. The predicted molar refractivity (Wildman–Crippen MR) is 63.3 cm³/mol. The maximum atomic E-state index is 12.0. The Morgan fingerprint density at radius 3 is 2.27 bits per heavy atom. The number of carbonyl (C=O) groups is 1. The normalized spacial score (nSPS) is 16.1. The summed E-state index contributed by atoms with van der Waals surface area (Å²) >= 11 is 0. The van der Waals surface area contributed by atoms with Crippen LogP contribution in [0.2, 0.25) is 0 Å². The fraction of sp³-hybridized carbons (Fsp3) is 0.462. The molecule has 0 heterocycles. The van der Waals surface area contributed by atoms with Crippen molar-refractivity contribution < 1.29 is 4.79 Å². The van der Waals surface area contributed by atoms with E-state index in [0.717, 1.165) is 18.4 Å². The van der Waals surface area contributed by atoms with Crippen LogP contribution in [0.15, 0.2) is 37.1 Å². The van der Waals surface area contributed by atoms with Gasteiger partial charge in [-0.25, -0.2) is 0 Å². The Balaban J connectivity index is 2.73. The van der Waals surface area contributed by atoms with E-state index in [2.05, 4.69) is 19.7 Å². The first-order valence-electron chi connectivity index (χ1n) is 5.38. The molecular weight excluding hydrogens is 186 g/mol. The molecule has 0 radical (unpaired) electrons. The van der Waals surface area contributed by atoms with E-state index >= 15 is 0 Å². The van der Waals surface area contributed by atoms with Crippen LogP contribution < -0.4 is 0 Å². The summed E-state index contributed by atoms with van der Waals surface area (Å²) < 4.78 is 0. The minimum absolute atomic E-state index is 0.0515. The second-order valence-electron chi connectivity index (χ2n) is 4.09. The first kappa shape index (κ1) is 11.8. The lowest BCUT2D eigenvalue weighted by molar-refractivity contribution is -0.126. The van der Waals surface area contributed by atoms with Gasteiger partial charge >= 0.3 is 0 Å². The molecule has 1 fully saturated rings. The van der Waals surface area contributed by atoms with Crippen molar-refractivity contribution >= 4 is 5.91 Å². The van der Waals surface area contributed by atoms with Gasteiger partial charge in [0.15, 0.2) is 0 Å². The minimum Gasteiger partial charge on any atom is -0.313 e. The van der Waals surface area contributed by atoms with Gasteiger partial charge in [0.25, 0.3) is 5.91 Å². The second-order valence-corrected chi connectivity index (χ2v) is 4.09. The van der Waals surface area contributed by atoms with Gasteiger partial charge in [-0.05, 0) is 25.3 Å². The highest BCUT2D eigenvalue weighted by Crippen LogP contribution is 2.25. The van der Waals surface area contributed by atoms with Crippen LogP contribution in [0.4, 0.5) is 0 Å². The topological polar surface area (TPSA) is 20.3 Å².